The first-order valence-corrected chi connectivity index (χ1v) is 11.2. The van der Waals surface area contributed by atoms with Crippen LogP contribution in [0.3, 0.4) is 0 Å². The van der Waals surface area contributed by atoms with Crippen molar-refractivity contribution in [3.8, 4) is 0 Å². The van der Waals surface area contributed by atoms with Gasteiger partial charge in [-0.3, -0.25) is 14.4 Å². The number of nitrogens with one attached hydrogen (secondary N) is 2. The molecule has 2 aromatic rings. The first kappa shape index (κ1) is 28.9. The maximum Gasteiger partial charge on any atom is 2.00 e. The summed E-state index contributed by atoms with van der Waals surface area (Å²) in [6.07, 6.45) is 17.7. The summed E-state index contributed by atoms with van der Waals surface area (Å²) in [5.41, 5.74) is 1.28. The van der Waals surface area contributed by atoms with Crippen molar-refractivity contribution in [2.45, 2.75) is 19.9 Å². The van der Waals surface area contributed by atoms with Gasteiger partial charge in [-0.2, -0.15) is 0 Å². The van der Waals surface area contributed by atoms with Crippen LogP contribution in [-0.4, -0.2) is 37.0 Å². The first-order valence-electron chi connectivity index (χ1n) is 11.2. The molecule has 2 saturated carbocycles. The van der Waals surface area contributed by atoms with Crippen molar-refractivity contribution in [1.29, 1.82) is 0 Å². The average Bonchev–Trinajstić information content (AvgIpc) is 3.59. The molecule has 2 aromatic carbocycles. The second-order valence-electron chi connectivity index (χ2n) is 7.60. The van der Waals surface area contributed by atoms with Gasteiger partial charge in [-0.1, -0.05) is 24.3 Å². The molecule has 0 unspecified atom stereocenters. The van der Waals surface area contributed by atoms with E-state index in [0.29, 0.717) is 5.56 Å². The molecular formula is C28H28FeN2O4+2. The van der Waals surface area contributed by atoms with Crippen molar-refractivity contribution in [3.05, 3.63) is 111 Å². The minimum atomic E-state index is -0.809. The summed E-state index contributed by atoms with van der Waals surface area (Å²) in [7, 11) is 0. The second kappa shape index (κ2) is 14.9. The van der Waals surface area contributed by atoms with E-state index in [-0.39, 0.29) is 36.1 Å². The molecule has 2 fully saturated rings. The van der Waals surface area contributed by atoms with Crippen LogP contribution in [-0.2, 0) is 31.4 Å². The van der Waals surface area contributed by atoms with Gasteiger partial charge in [0.05, 0.1) is 6.61 Å². The number of esters is 1. The average molecular weight is 512 g/mol. The van der Waals surface area contributed by atoms with Gasteiger partial charge in [-0.15, -0.1) is 0 Å². The fourth-order valence-electron chi connectivity index (χ4n) is 3.41. The number of amides is 2. The van der Waals surface area contributed by atoms with Gasteiger partial charge in [0.25, 0.3) is 5.91 Å². The molecule has 7 heteroatoms. The SMILES string of the molecule is CCOC(=O)CNC(=O)[C@H](C)NC(=O)c1cc2ccccc2cc1[C]1[CH][CH][CH][CH]1.[CH]1[CH][CH][CH][CH]1.[Fe+2]. The molecule has 2 aliphatic carbocycles. The molecule has 180 valence electrons. The zero-order valence-corrected chi connectivity index (χ0v) is 20.7. The Bertz CT molecular complexity index is 976. The summed E-state index contributed by atoms with van der Waals surface area (Å²) in [6, 6.07) is 10.8. The van der Waals surface area contributed by atoms with Crippen LogP contribution in [0.2, 0.25) is 0 Å². The summed E-state index contributed by atoms with van der Waals surface area (Å²) in [5, 5.41) is 7.15. The molecule has 2 amide bonds. The molecule has 0 aliphatic heterocycles. The first-order chi connectivity index (χ1) is 16.5. The van der Waals surface area contributed by atoms with Crippen LogP contribution in [0.15, 0.2) is 36.4 Å². The summed E-state index contributed by atoms with van der Waals surface area (Å²) < 4.78 is 4.78. The number of hydrogen-bond acceptors (Lipinski definition) is 4. The molecule has 0 saturated heterocycles. The fraction of sp³-hybridized carbons (Fsp3) is 0.179. The van der Waals surface area contributed by atoms with Crippen LogP contribution in [0.5, 0.6) is 0 Å². The predicted molar refractivity (Wildman–Crippen MR) is 132 cm³/mol. The Morgan fingerprint density at radius 1 is 0.886 bits per heavy atom. The van der Waals surface area contributed by atoms with Crippen molar-refractivity contribution >= 4 is 28.6 Å². The minimum absolute atomic E-state index is 0. The van der Waals surface area contributed by atoms with Crippen molar-refractivity contribution in [3.63, 3.8) is 0 Å². The Labute approximate surface area is 219 Å². The third-order valence-corrected chi connectivity index (χ3v) is 5.11. The Kier molecular flexibility index (Phi) is 12.3. The van der Waals surface area contributed by atoms with Gasteiger partial charge in [-0.05, 0) is 100 Å². The quantitative estimate of drug-likeness (QED) is 0.440. The van der Waals surface area contributed by atoms with Gasteiger partial charge in [0.1, 0.15) is 12.6 Å². The number of carbonyl (C=O) groups is 3. The number of fused-ring (bicyclic) bond motifs is 1. The molecule has 0 heterocycles. The molecule has 6 nitrogen and oxygen atoms in total. The molecule has 35 heavy (non-hydrogen) atoms. The Hall–Kier alpha value is -2.37. The summed E-state index contributed by atoms with van der Waals surface area (Å²) in [6.45, 7) is 3.27. The smallest absolute Gasteiger partial charge is 0.465 e. The Morgan fingerprint density at radius 2 is 1.46 bits per heavy atom. The monoisotopic (exact) mass is 512 g/mol. The maximum absolute atomic E-state index is 13.0. The minimum Gasteiger partial charge on any atom is -0.465 e. The van der Waals surface area contributed by atoms with Crippen LogP contribution in [0.25, 0.3) is 10.8 Å². The third-order valence-electron chi connectivity index (χ3n) is 5.11. The van der Waals surface area contributed by atoms with Crippen LogP contribution in [0.4, 0.5) is 0 Å². The molecular weight excluding hydrogens is 484 g/mol. The number of benzene rings is 2. The number of ether oxygens (including phenoxy) is 1. The van der Waals surface area contributed by atoms with Crippen LogP contribution in [0.1, 0.15) is 29.8 Å². The van der Waals surface area contributed by atoms with Gasteiger partial charge in [0.2, 0.25) is 5.91 Å². The fourth-order valence-corrected chi connectivity index (χ4v) is 3.41. The van der Waals surface area contributed by atoms with E-state index in [1.54, 1.807) is 13.8 Å². The third kappa shape index (κ3) is 8.66. The van der Waals surface area contributed by atoms with Crippen molar-refractivity contribution in [2.24, 2.45) is 0 Å². The van der Waals surface area contributed by atoms with Crippen LogP contribution in [0, 0.1) is 63.7 Å². The summed E-state index contributed by atoms with van der Waals surface area (Å²) >= 11 is 0. The van der Waals surface area contributed by atoms with E-state index in [2.05, 4.69) is 10.6 Å². The number of rotatable bonds is 7. The zero-order valence-electron chi connectivity index (χ0n) is 19.6. The molecule has 10 radical (unpaired) electrons. The van der Waals surface area contributed by atoms with E-state index < -0.39 is 17.9 Å². The molecule has 4 rings (SSSR count). The molecule has 2 N–H and O–H groups in total. The molecule has 1 atom stereocenters. The van der Waals surface area contributed by atoms with E-state index in [4.69, 9.17) is 4.74 Å². The van der Waals surface area contributed by atoms with E-state index in [9.17, 15) is 14.4 Å². The molecule has 0 spiro atoms. The zero-order chi connectivity index (χ0) is 24.3. The van der Waals surface area contributed by atoms with Gasteiger partial charge >= 0.3 is 23.0 Å². The predicted octanol–water partition coefficient (Wildman–Crippen LogP) is 3.41. The molecule has 0 bridgehead atoms. The van der Waals surface area contributed by atoms with Gasteiger partial charge in [0, 0.05) is 11.5 Å². The van der Waals surface area contributed by atoms with Gasteiger partial charge in [0.15, 0.2) is 0 Å². The van der Waals surface area contributed by atoms with Crippen LogP contribution >= 0.6 is 0 Å². The summed E-state index contributed by atoms with van der Waals surface area (Å²) in [5.74, 6) is -0.402. The summed E-state index contributed by atoms with van der Waals surface area (Å²) in [4.78, 5) is 36.6. The van der Waals surface area contributed by atoms with Crippen molar-refractivity contribution in [2.75, 3.05) is 13.2 Å². The Balaban J connectivity index is 0.000000640. The van der Waals surface area contributed by atoms with Gasteiger partial charge < -0.3 is 15.4 Å². The normalized spacial score (nSPS) is 15.9. The van der Waals surface area contributed by atoms with E-state index in [1.807, 2.05) is 94.2 Å². The second-order valence-corrected chi connectivity index (χ2v) is 7.60. The molecule has 2 aliphatic rings. The number of carbonyl (C=O) groups excluding carboxylic acids is 3. The standard InChI is InChI=1S/C23H23N2O4.C5H5.Fe/c1-3-29-21(26)14-24-22(27)15(2)25-23(28)20-13-18-11-7-6-10-17(18)12-19(20)16-8-4-5-9-16;1-2-4-5-3-1;/h4-13,15H,3,14H2,1-2H3,(H,24,27)(H,25,28);1-5H;/q;;+2/t15-;;/m0../s1. The van der Waals surface area contributed by atoms with Crippen molar-refractivity contribution in [1.82, 2.24) is 10.6 Å². The largest absolute Gasteiger partial charge is 2.00 e. The number of hydrogen-bond donors (Lipinski definition) is 2. The van der Waals surface area contributed by atoms with E-state index >= 15 is 0 Å². The Morgan fingerprint density at radius 3 is 2.03 bits per heavy atom. The van der Waals surface area contributed by atoms with E-state index in [0.717, 1.165) is 22.3 Å². The maximum atomic E-state index is 13.0. The van der Waals surface area contributed by atoms with Crippen LogP contribution < -0.4 is 10.6 Å². The van der Waals surface area contributed by atoms with Crippen molar-refractivity contribution < 1.29 is 36.2 Å². The molecule has 0 aromatic heterocycles. The van der Waals surface area contributed by atoms with E-state index in [1.165, 1.54) is 0 Å². The topological polar surface area (TPSA) is 84.5 Å². The van der Waals surface area contributed by atoms with Gasteiger partial charge in [-0.25, -0.2) is 0 Å².